The van der Waals surface area contributed by atoms with Crippen molar-refractivity contribution >= 4 is 18.0 Å². The van der Waals surface area contributed by atoms with Crippen LogP contribution in [0.3, 0.4) is 0 Å². The van der Waals surface area contributed by atoms with E-state index in [-0.39, 0.29) is 11.9 Å². The van der Waals surface area contributed by atoms with Gasteiger partial charge in [-0.25, -0.2) is 4.79 Å². The first-order valence-electron chi connectivity index (χ1n) is 8.12. The minimum Gasteiger partial charge on any atom is -0.318 e. The molecule has 5 nitrogen and oxygen atoms in total. The number of urea groups is 1. The molecule has 124 valence electrons. The van der Waals surface area contributed by atoms with Crippen LogP contribution in [0, 0.1) is 13.8 Å². The van der Waals surface area contributed by atoms with Crippen molar-refractivity contribution in [3.8, 4) is 5.69 Å². The lowest BCUT2D eigenvalue weighted by Gasteiger charge is -2.09. The van der Waals surface area contributed by atoms with Crippen molar-refractivity contribution < 1.29 is 9.59 Å². The van der Waals surface area contributed by atoms with Crippen LogP contribution in [0.5, 0.6) is 0 Å². The summed E-state index contributed by atoms with van der Waals surface area (Å²) in [4.78, 5) is 25.5. The Bertz CT molecular complexity index is 819. The van der Waals surface area contributed by atoms with Crippen LogP contribution < -0.4 is 5.32 Å². The fourth-order valence-electron chi connectivity index (χ4n) is 3.06. The van der Waals surface area contributed by atoms with Crippen LogP contribution >= 0.6 is 0 Å². The number of rotatable bonds is 4. The van der Waals surface area contributed by atoms with Gasteiger partial charge in [-0.1, -0.05) is 25.1 Å². The van der Waals surface area contributed by atoms with E-state index in [0.717, 1.165) is 29.1 Å². The number of nitrogens with zero attached hydrogens (tertiary/aromatic N) is 2. The maximum atomic E-state index is 12.4. The van der Waals surface area contributed by atoms with Crippen LogP contribution in [0.2, 0.25) is 0 Å². The molecule has 2 heterocycles. The number of amides is 3. The van der Waals surface area contributed by atoms with Gasteiger partial charge in [-0.3, -0.25) is 9.69 Å². The molecular weight excluding hydrogens is 302 g/mol. The molecule has 5 heteroatoms. The molecule has 1 aliphatic heterocycles. The molecule has 1 fully saturated rings. The third-order valence-corrected chi connectivity index (χ3v) is 4.19. The van der Waals surface area contributed by atoms with Gasteiger partial charge in [0.2, 0.25) is 0 Å². The summed E-state index contributed by atoms with van der Waals surface area (Å²) in [5, 5.41) is 2.67. The number of imide groups is 1. The van der Waals surface area contributed by atoms with E-state index in [9.17, 15) is 9.59 Å². The number of hydrogen-bond donors (Lipinski definition) is 1. The number of aryl methyl sites for hydroxylation is 1. The van der Waals surface area contributed by atoms with E-state index in [1.165, 1.54) is 4.90 Å². The minimum atomic E-state index is -0.343. The van der Waals surface area contributed by atoms with E-state index < -0.39 is 0 Å². The molecule has 0 radical (unpaired) electrons. The Balaban J connectivity index is 1.98. The van der Waals surface area contributed by atoms with Crippen molar-refractivity contribution in [1.82, 2.24) is 14.8 Å². The Labute approximate surface area is 141 Å². The maximum absolute atomic E-state index is 12.4. The number of carbonyl (C=O) groups excluding carboxylic acids is 2. The highest BCUT2D eigenvalue weighted by atomic mass is 16.2. The van der Waals surface area contributed by atoms with Crippen LogP contribution in [0.15, 0.2) is 42.1 Å². The van der Waals surface area contributed by atoms with Crippen molar-refractivity contribution in [1.29, 1.82) is 0 Å². The normalized spacial score (nSPS) is 16.1. The van der Waals surface area contributed by atoms with E-state index in [2.05, 4.69) is 9.88 Å². The first-order chi connectivity index (χ1) is 11.5. The maximum Gasteiger partial charge on any atom is 0.329 e. The van der Waals surface area contributed by atoms with Gasteiger partial charge in [-0.2, -0.15) is 0 Å². The second-order valence-electron chi connectivity index (χ2n) is 5.94. The first-order valence-corrected chi connectivity index (χ1v) is 8.12. The number of benzene rings is 1. The largest absolute Gasteiger partial charge is 0.329 e. The number of carbonyl (C=O) groups is 2. The summed E-state index contributed by atoms with van der Waals surface area (Å²) < 4.78 is 2.14. The van der Waals surface area contributed by atoms with E-state index in [1.54, 1.807) is 6.08 Å². The predicted molar refractivity (Wildman–Crippen MR) is 93.8 cm³/mol. The molecule has 3 rings (SSSR count). The molecule has 2 aromatic rings. The van der Waals surface area contributed by atoms with Gasteiger partial charge in [0.05, 0.1) is 0 Å². The van der Waals surface area contributed by atoms with Gasteiger partial charge in [-0.15, -0.1) is 0 Å². The molecule has 1 aromatic heterocycles. The summed E-state index contributed by atoms with van der Waals surface area (Å²) in [6.07, 6.45) is 2.51. The zero-order chi connectivity index (χ0) is 17.3. The Kier molecular flexibility index (Phi) is 4.25. The van der Waals surface area contributed by atoms with Crippen LogP contribution in [0.25, 0.3) is 11.8 Å². The number of nitrogens with one attached hydrogen (secondary N) is 1. The predicted octanol–water partition coefficient (Wildman–Crippen LogP) is 3.40. The number of aromatic nitrogens is 1. The third kappa shape index (κ3) is 2.73. The standard InChI is InChI=1S/C19H21N3O2/c1-4-10-21-18(23)17(20-19(21)24)12-15-11-13(2)22(14(15)3)16-8-6-5-7-9-16/h5-9,11-12H,4,10H2,1-3H3,(H,20,24)/b17-12-. The van der Waals surface area contributed by atoms with Gasteiger partial charge >= 0.3 is 6.03 Å². The molecule has 1 aromatic carbocycles. The van der Waals surface area contributed by atoms with Crippen molar-refractivity contribution in [3.63, 3.8) is 0 Å². The highest BCUT2D eigenvalue weighted by Gasteiger charge is 2.32. The molecule has 1 N–H and O–H groups in total. The fraction of sp³-hybridized carbons (Fsp3) is 0.263. The molecule has 1 aliphatic rings. The zero-order valence-electron chi connectivity index (χ0n) is 14.2. The zero-order valence-corrected chi connectivity index (χ0v) is 14.2. The van der Waals surface area contributed by atoms with Crippen LogP contribution in [-0.4, -0.2) is 28.0 Å². The summed E-state index contributed by atoms with van der Waals surface area (Å²) >= 11 is 0. The SMILES string of the molecule is CCCN1C(=O)N/C(=C\c2cc(C)n(-c3ccccc3)c2C)C1=O. The molecular formula is C19H21N3O2. The lowest BCUT2D eigenvalue weighted by Crippen LogP contribution is -2.31. The van der Waals surface area contributed by atoms with Crippen molar-refractivity contribution in [2.75, 3.05) is 6.54 Å². The molecule has 3 amide bonds. The smallest absolute Gasteiger partial charge is 0.318 e. The molecule has 0 unspecified atom stereocenters. The first kappa shape index (κ1) is 16.1. The minimum absolute atomic E-state index is 0.258. The van der Waals surface area contributed by atoms with Crippen LogP contribution in [0.4, 0.5) is 4.79 Å². The second-order valence-corrected chi connectivity index (χ2v) is 5.94. The van der Waals surface area contributed by atoms with Gasteiger partial charge in [0.15, 0.2) is 0 Å². The van der Waals surface area contributed by atoms with Crippen LogP contribution in [0.1, 0.15) is 30.3 Å². The highest BCUT2D eigenvalue weighted by molar-refractivity contribution is 6.14. The summed E-state index contributed by atoms with van der Waals surface area (Å²) in [6.45, 7) is 6.42. The lowest BCUT2D eigenvalue weighted by molar-refractivity contribution is -0.122. The second kappa shape index (κ2) is 6.35. The lowest BCUT2D eigenvalue weighted by atomic mass is 10.2. The van der Waals surface area contributed by atoms with Crippen molar-refractivity contribution in [2.24, 2.45) is 0 Å². The van der Waals surface area contributed by atoms with Gasteiger partial charge in [-0.05, 0) is 50.1 Å². The Morgan fingerprint density at radius 2 is 1.83 bits per heavy atom. The molecule has 0 spiro atoms. The van der Waals surface area contributed by atoms with E-state index in [1.807, 2.05) is 57.2 Å². The molecule has 0 saturated carbocycles. The topological polar surface area (TPSA) is 54.3 Å². The molecule has 0 atom stereocenters. The van der Waals surface area contributed by atoms with E-state index in [4.69, 9.17) is 0 Å². The van der Waals surface area contributed by atoms with E-state index >= 15 is 0 Å². The summed E-state index contributed by atoms with van der Waals surface area (Å²) in [7, 11) is 0. The Hall–Kier alpha value is -2.82. The fourth-order valence-corrected chi connectivity index (χ4v) is 3.06. The van der Waals surface area contributed by atoms with E-state index in [0.29, 0.717) is 12.2 Å². The average Bonchev–Trinajstić information content (AvgIpc) is 2.99. The highest BCUT2D eigenvalue weighted by Crippen LogP contribution is 2.23. The molecule has 0 bridgehead atoms. The summed E-state index contributed by atoms with van der Waals surface area (Å²) in [5.41, 5.74) is 4.45. The Morgan fingerprint density at radius 3 is 2.50 bits per heavy atom. The number of para-hydroxylation sites is 1. The molecule has 24 heavy (non-hydrogen) atoms. The molecule has 1 saturated heterocycles. The van der Waals surface area contributed by atoms with Gasteiger partial charge in [0, 0.05) is 23.6 Å². The molecule has 0 aliphatic carbocycles. The Morgan fingerprint density at radius 1 is 1.12 bits per heavy atom. The van der Waals surface area contributed by atoms with Crippen molar-refractivity contribution in [3.05, 3.63) is 59.0 Å². The average molecular weight is 323 g/mol. The van der Waals surface area contributed by atoms with Crippen molar-refractivity contribution in [2.45, 2.75) is 27.2 Å². The summed E-state index contributed by atoms with van der Waals surface area (Å²) in [6, 6.07) is 11.7. The number of hydrogen-bond acceptors (Lipinski definition) is 2. The van der Waals surface area contributed by atoms with Crippen LogP contribution in [-0.2, 0) is 4.79 Å². The van der Waals surface area contributed by atoms with Gasteiger partial charge in [0.25, 0.3) is 5.91 Å². The van der Waals surface area contributed by atoms with Gasteiger partial charge in [0.1, 0.15) is 5.70 Å². The quantitative estimate of drug-likeness (QED) is 0.692. The summed E-state index contributed by atoms with van der Waals surface area (Å²) in [5.74, 6) is -0.258. The third-order valence-electron chi connectivity index (χ3n) is 4.19. The monoisotopic (exact) mass is 323 g/mol. The van der Waals surface area contributed by atoms with Gasteiger partial charge < -0.3 is 9.88 Å².